The first-order chi connectivity index (χ1) is 9.29. The van der Waals surface area contributed by atoms with Crippen LogP contribution in [0, 0.1) is 5.82 Å². The average molecular weight is 282 g/mol. The third-order valence-electron chi connectivity index (χ3n) is 2.43. The van der Waals surface area contributed by atoms with E-state index in [0.29, 0.717) is 25.4 Å². The van der Waals surface area contributed by atoms with Crippen LogP contribution in [0.2, 0.25) is 0 Å². The van der Waals surface area contributed by atoms with Crippen molar-refractivity contribution in [3.05, 3.63) is 40.6 Å². The smallest absolute Gasteiger partial charge is 0.167 e. The summed E-state index contributed by atoms with van der Waals surface area (Å²) in [5, 5.41) is 3.13. The van der Waals surface area contributed by atoms with Gasteiger partial charge in [0.25, 0.3) is 0 Å². The minimum Gasteiger partial charge on any atom is -0.488 e. The van der Waals surface area contributed by atoms with Gasteiger partial charge in [-0.3, -0.25) is 4.98 Å². The van der Waals surface area contributed by atoms with Gasteiger partial charge < -0.3 is 14.8 Å². The van der Waals surface area contributed by atoms with Crippen molar-refractivity contribution in [1.29, 1.82) is 0 Å². The molecule has 0 atom stereocenters. The molecule has 1 N–H and O–H groups in total. The lowest BCUT2D eigenvalue weighted by Gasteiger charge is -2.09. The van der Waals surface area contributed by atoms with E-state index in [1.54, 1.807) is 42.3 Å². The van der Waals surface area contributed by atoms with Crippen molar-refractivity contribution in [3.63, 3.8) is 0 Å². The first kappa shape index (κ1) is 13.8. The van der Waals surface area contributed by atoms with Crippen LogP contribution < -0.4 is 10.1 Å². The number of aromatic nitrogens is 1. The third kappa shape index (κ3) is 4.18. The van der Waals surface area contributed by atoms with Gasteiger partial charge in [0.1, 0.15) is 6.61 Å². The van der Waals surface area contributed by atoms with E-state index in [1.165, 1.54) is 6.07 Å². The normalized spacial score (nSPS) is 10.4. The lowest BCUT2D eigenvalue weighted by molar-refractivity contribution is 0.144. The standard InChI is InChI=1S/C13H15FN2O2S/c1-17-4-5-18-13-3-2-10(6-12(13)14)16-8-11-7-15-9-19-11/h2-3,6-7,9,16H,4-5,8H2,1H3. The molecule has 0 radical (unpaired) electrons. The zero-order valence-electron chi connectivity index (χ0n) is 10.6. The number of benzene rings is 1. The Bertz CT molecular complexity index is 505. The van der Waals surface area contributed by atoms with E-state index in [-0.39, 0.29) is 11.6 Å². The zero-order valence-corrected chi connectivity index (χ0v) is 11.4. The molecule has 0 fully saturated rings. The number of hydrogen-bond acceptors (Lipinski definition) is 5. The Balaban J connectivity index is 1.90. The summed E-state index contributed by atoms with van der Waals surface area (Å²) in [4.78, 5) is 5.08. The highest BCUT2D eigenvalue weighted by molar-refractivity contribution is 7.09. The summed E-state index contributed by atoms with van der Waals surface area (Å²) in [6.45, 7) is 1.40. The van der Waals surface area contributed by atoms with Gasteiger partial charge in [0.2, 0.25) is 0 Å². The Morgan fingerprint density at radius 2 is 2.26 bits per heavy atom. The van der Waals surface area contributed by atoms with Crippen molar-refractivity contribution < 1.29 is 13.9 Å². The summed E-state index contributed by atoms with van der Waals surface area (Å²) in [7, 11) is 1.58. The largest absolute Gasteiger partial charge is 0.488 e. The number of halogens is 1. The molecule has 4 nitrogen and oxygen atoms in total. The summed E-state index contributed by atoms with van der Waals surface area (Å²) in [5.74, 6) is -0.147. The minimum atomic E-state index is -0.384. The molecule has 0 aliphatic rings. The number of anilines is 1. The second kappa shape index (κ2) is 7.06. The second-order valence-electron chi connectivity index (χ2n) is 3.81. The van der Waals surface area contributed by atoms with Gasteiger partial charge in [0, 0.05) is 29.9 Å². The predicted octanol–water partition coefficient (Wildman–Crippen LogP) is 2.92. The van der Waals surface area contributed by atoms with E-state index in [1.807, 2.05) is 0 Å². The molecule has 19 heavy (non-hydrogen) atoms. The van der Waals surface area contributed by atoms with Crippen molar-refractivity contribution in [2.75, 3.05) is 25.6 Å². The number of ether oxygens (including phenoxy) is 2. The van der Waals surface area contributed by atoms with Gasteiger partial charge in [-0.2, -0.15) is 0 Å². The number of nitrogens with zero attached hydrogens (tertiary/aromatic N) is 1. The fraction of sp³-hybridized carbons (Fsp3) is 0.308. The highest BCUT2D eigenvalue weighted by Crippen LogP contribution is 2.21. The Kier molecular flexibility index (Phi) is 5.11. The Morgan fingerprint density at radius 3 is 2.95 bits per heavy atom. The molecule has 0 saturated carbocycles. The number of nitrogens with one attached hydrogen (secondary N) is 1. The molecule has 2 aromatic rings. The zero-order chi connectivity index (χ0) is 13.5. The molecule has 0 bridgehead atoms. The van der Waals surface area contributed by atoms with Crippen molar-refractivity contribution in [2.45, 2.75) is 6.54 Å². The Morgan fingerprint density at radius 1 is 1.37 bits per heavy atom. The van der Waals surface area contributed by atoms with Crippen LogP contribution in [0.15, 0.2) is 29.9 Å². The number of hydrogen-bond donors (Lipinski definition) is 1. The second-order valence-corrected chi connectivity index (χ2v) is 4.78. The van der Waals surface area contributed by atoms with Crippen LogP contribution in [-0.4, -0.2) is 25.3 Å². The van der Waals surface area contributed by atoms with Gasteiger partial charge in [-0.25, -0.2) is 4.39 Å². The first-order valence-electron chi connectivity index (χ1n) is 5.82. The van der Waals surface area contributed by atoms with Crippen molar-refractivity contribution >= 4 is 17.0 Å². The van der Waals surface area contributed by atoms with Crippen molar-refractivity contribution in [3.8, 4) is 5.75 Å². The van der Waals surface area contributed by atoms with Crippen LogP contribution in [0.1, 0.15) is 4.88 Å². The molecule has 1 aromatic heterocycles. The fourth-order valence-electron chi connectivity index (χ4n) is 1.48. The van der Waals surface area contributed by atoms with Crippen LogP contribution in [0.3, 0.4) is 0 Å². The molecule has 0 saturated heterocycles. The molecule has 0 aliphatic carbocycles. The highest BCUT2D eigenvalue weighted by atomic mass is 32.1. The SMILES string of the molecule is COCCOc1ccc(NCc2cncs2)cc1F. The Labute approximate surface area is 115 Å². The molecule has 2 rings (SSSR count). The first-order valence-corrected chi connectivity index (χ1v) is 6.70. The summed E-state index contributed by atoms with van der Waals surface area (Å²) < 4.78 is 23.8. The van der Waals surface area contributed by atoms with Crippen LogP contribution in [0.25, 0.3) is 0 Å². The molecular formula is C13H15FN2O2S. The summed E-state index contributed by atoms with van der Waals surface area (Å²) in [6.07, 6.45) is 1.79. The van der Waals surface area contributed by atoms with Gasteiger partial charge in [-0.15, -0.1) is 11.3 Å². The molecule has 0 amide bonds. The van der Waals surface area contributed by atoms with E-state index in [9.17, 15) is 4.39 Å². The van der Waals surface area contributed by atoms with Crippen LogP contribution in [0.4, 0.5) is 10.1 Å². The highest BCUT2D eigenvalue weighted by Gasteiger charge is 2.05. The van der Waals surface area contributed by atoms with Gasteiger partial charge in [0.15, 0.2) is 11.6 Å². The van der Waals surface area contributed by atoms with Crippen molar-refractivity contribution in [2.24, 2.45) is 0 Å². The van der Waals surface area contributed by atoms with E-state index in [2.05, 4.69) is 10.3 Å². The minimum absolute atomic E-state index is 0.236. The fourth-order valence-corrected chi connectivity index (χ4v) is 2.02. The third-order valence-corrected chi connectivity index (χ3v) is 3.21. The van der Waals surface area contributed by atoms with E-state index in [0.717, 1.165) is 4.88 Å². The van der Waals surface area contributed by atoms with Gasteiger partial charge in [-0.05, 0) is 12.1 Å². The average Bonchev–Trinajstić information content (AvgIpc) is 2.92. The van der Waals surface area contributed by atoms with Gasteiger partial charge >= 0.3 is 0 Å². The van der Waals surface area contributed by atoms with Crippen LogP contribution in [-0.2, 0) is 11.3 Å². The van der Waals surface area contributed by atoms with Gasteiger partial charge in [-0.1, -0.05) is 0 Å². The maximum atomic E-state index is 13.7. The molecule has 1 aromatic carbocycles. The molecule has 0 aliphatic heterocycles. The molecular weight excluding hydrogens is 267 g/mol. The quantitative estimate of drug-likeness (QED) is 0.793. The Hall–Kier alpha value is -1.66. The number of rotatable bonds is 7. The molecule has 0 spiro atoms. The maximum Gasteiger partial charge on any atom is 0.167 e. The van der Waals surface area contributed by atoms with Crippen LogP contribution in [0.5, 0.6) is 5.75 Å². The number of methoxy groups -OCH3 is 1. The van der Waals surface area contributed by atoms with E-state index in [4.69, 9.17) is 9.47 Å². The molecule has 6 heteroatoms. The molecule has 1 heterocycles. The van der Waals surface area contributed by atoms with Crippen LogP contribution >= 0.6 is 11.3 Å². The lowest BCUT2D eigenvalue weighted by atomic mass is 10.3. The summed E-state index contributed by atoms with van der Waals surface area (Å²) in [5.41, 5.74) is 2.48. The van der Waals surface area contributed by atoms with Gasteiger partial charge in [0.05, 0.1) is 18.7 Å². The monoisotopic (exact) mass is 282 g/mol. The van der Waals surface area contributed by atoms with Crippen molar-refractivity contribution in [1.82, 2.24) is 4.98 Å². The topological polar surface area (TPSA) is 43.4 Å². The number of thiazole rings is 1. The molecule has 102 valence electrons. The van der Waals surface area contributed by atoms with E-state index < -0.39 is 0 Å². The predicted molar refractivity (Wildman–Crippen MR) is 73.2 cm³/mol. The maximum absolute atomic E-state index is 13.7. The molecule has 0 unspecified atom stereocenters. The lowest BCUT2D eigenvalue weighted by Crippen LogP contribution is -2.06. The van der Waals surface area contributed by atoms with E-state index >= 15 is 0 Å². The summed E-state index contributed by atoms with van der Waals surface area (Å²) >= 11 is 1.56. The summed E-state index contributed by atoms with van der Waals surface area (Å²) in [6, 6.07) is 4.81.